The minimum absolute atomic E-state index is 0.0701. The smallest absolute Gasteiger partial charge is 0.352 e. The quantitative estimate of drug-likeness (QED) is 0.232. The van der Waals surface area contributed by atoms with Gasteiger partial charge in [0.25, 0.3) is 5.91 Å². The van der Waals surface area contributed by atoms with Crippen molar-refractivity contribution in [2.75, 3.05) is 12.4 Å². The molecule has 2 N–H and O–H groups in total. The van der Waals surface area contributed by atoms with Crippen molar-refractivity contribution in [2.24, 2.45) is 0 Å². The largest absolute Gasteiger partial charge is 0.477 e. The van der Waals surface area contributed by atoms with E-state index in [1.807, 2.05) is 0 Å². The Morgan fingerprint density at radius 1 is 1.47 bits per heavy atom. The fourth-order valence-corrected chi connectivity index (χ4v) is 4.34. The molecule has 2 atom stereocenters. The summed E-state index contributed by atoms with van der Waals surface area (Å²) in [6.07, 6.45) is 2.19. The molecule has 30 heavy (non-hydrogen) atoms. The molecule has 0 saturated carbocycles. The molecule has 1 saturated heterocycles. The van der Waals surface area contributed by atoms with Crippen molar-refractivity contribution < 1.29 is 33.9 Å². The number of β-lactam (4-membered cyclic amide) rings is 1. The first-order valence-corrected chi connectivity index (χ1v) is 9.73. The van der Waals surface area contributed by atoms with E-state index in [0.29, 0.717) is 5.57 Å². The number of carboxylic acids is 1. The number of thioether (sulfide) groups is 1. The van der Waals surface area contributed by atoms with Gasteiger partial charge in [-0.15, -0.1) is 11.8 Å². The second-order valence-corrected chi connectivity index (χ2v) is 7.57. The SMILES string of the molecule is CC(=O)OCC1=C(C(=O)O)N2C(=O)[C@H](NC(=O)CCn3cc([N+](=O)[O-])cn3)[C@H]2SC1. The lowest BCUT2D eigenvalue weighted by Gasteiger charge is -2.49. The molecule has 0 radical (unpaired) electrons. The molecule has 14 heteroatoms. The zero-order valence-corrected chi connectivity index (χ0v) is 16.5. The van der Waals surface area contributed by atoms with E-state index in [2.05, 4.69) is 10.4 Å². The van der Waals surface area contributed by atoms with Crippen LogP contribution in [-0.4, -0.2) is 72.2 Å². The molecule has 3 rings (SSSR count). The zero-order chi connectivity index (χ0) is 22.0. The van der Waals surface area contributed by atoms with E-state index < -0.39 is 40.1 Å². The number of fused-ring (bicyclic) bond motifs is 1. The molecule has 0 unspecified atom stereocenters. The van der Waals surface area contributed by atoms with Gasteiger partial charge in [-0.3, -0.25) is 34.1 Å². The third kappa shape index (κ3) is 4.27. The number of rotatable bonds is 8. The summed E-state index contributed by atoms with van der Waals surface area (Å²) in [7, 11) is 0. The number of nitrogens with zero attached hydrogens (tertiary/aromatic N) is 4. The van der Waals surface area contributed by atoms with Crippen molar-refractivity contribution in [2.45, 2.75) is 31.3 Å². The maximum atomic E-state index is 12.5. The Hall–Kier alpha value is -3.42. The predicted molar refractivity (Wildman–Crippen MR) is 99.8 cm³/mol. The summed E-state index contributed by atoms with van der Waals surface area (Å²) < 4.78 is 6.10. The number of esters is 1. The molecule has 3 heterocycles. The zero-order valence-electron chi connectivity index (χ0n) is 15.6. The van der Waals surface area contributed by atoms with Gasteiger partial charge in [0.2, 0.25) is 5.91 Å². The number of nitro groups is 1. The van der Waals surface area contributed by atoms with Crippen molar-refractivity contribution in [1.82, 2.24) is 20.0 Å². The normalized spacial score (nSPS) is 20.3. The summed E-state index contributed by atoms with van der Waals surface area (Å²) in [5.74, 6) is -2.71. The molecule has 13 nitrogen and oxygen atoms in total. The summed E-state index contributed by atoms with van der Waals surface area (Å²) in [5.41, 5.74) is -0.131. The van der Waals surface area contributed by atoms with Crippen LogP contribution in [0.1, 0.15) is 13.3 Å². The molecule has 1 aromatic heterocycles. The number of hydrogen-bond donors (Lipinski definition) is 2. The maximum Gasteiger partial charge on any atom is 0.352 e. The number of nitrogens with one attached hydrogen (secondary N) is 1. The monoisotopic (exact) mass is 439 g/mol. The molecule has 0 aromatic carbocycles. The number of aromatic nitrogens is 2. The van der Waals surface area contributed by atoms with Gasteiger partial charge in [0, 0.05) is 31.2 Å². The van der Waals surface area contributed by atoms with Gasteiger partial charge in [-0.05, 0) is 0 Å². The van der Waals surface area contributed by atoms with Gasteiger partial charge in [-0.1, -0.05) is 0 Å². The highest BCUT2D eigenvalue weighted by Crippen LogP contribution is 2.40. The van der Waals surface area contributed by atoms with Crippen molar-refractivity contribution >= 4 is 41.2 Å². The second-order valence-electron chi connectivity index (χ2n) is 6.46. The van der Waals surface area contributed by atoms with E-state index in [1.165, 1.54) is 29.6 Å². The van der Waals surface area contributed by atoms with Gasteiger partial charge in [-0.25, -0.2) is 4.79 Å². The molecule has 2 amide bonds. The summed E-state index contributed by atoms with van der Waals surface area (Å²) in [4.78, 5) is 58.4. The third-order valence-electron chi connectivity index (χ3n) is 4.41. The number of carbonyl (C=O) groups excluding carboxylic acids is 3. The van der Waals surface area contributed by atoms with E-state index >= 15 is 0 Å². The van der Waals surface area contributed by atoms with E-state index in [0.717, 1.165) is 11.1 Å². The topological polar surface area (TPSA) is 174 Å². The van der Waals surface area contributed by atoms with Crippen LogP contribution in [-0.2, 0) is 30.5 Å². The molecule has 1 fully saturated rings. The van der Waals surface area contributed by atoms with Crippen LogP contribution in [0.4, 0.5) is 5.69 Å². The molecule has 2 aliphatic rings. The number of carbonyl (C=O) groups is 4. The summed E-state index contributed by atoms with van der Waals surface area (Å²) >= 11 is 1.25. The average Bonchev–Trinajstić information content (AvgIpc) is 3.17. The highest BCUT2D eigenvalue weighted by atomic mass is 32.2. The van der Waals surface area contributed by atoms with Gasteiger partial charge < -0.3 is 15.2 Å². The van der Waals surface area contributed by atoms with Crippen LogP contribution in [0.5, 0.6) is 0 Å². The summed E-state index contributed by atoms with van der Waals surface area (Å²) in [5, 5.41) is 25.9. The molecule has 0 aliphatic carbocycles. The highest BCUT2D eigenvalue weighted by molar-refractivity contribution is 8.00. The van der Waals surface area contributed by atoms with Crippen LogP contribution < -0.4 is 5.32 Å². The number of amides is 2. The fraction of sp³-hybridized carbons (Fsp3) is 0.438. The molecule has 1 aromatic rings. The first-order valence-electron chi connectivity index (χ1n) is 8.68. The van der Waals surface area contributed by atoms with Gasteiger partial charge >= 0.3 is 17.6 Å². The Morgan fingerprint density at radius 3 is 2.80 bits per heavy atom. The maximum absolute atomic E-state index is 12.5. The van der Waals surface area contributed by atoms with Crippen LogP contribution in [0, 0.1) is 10.1 Å². The van der Waals surface area contributed by atoms with Crippen molar-refractivity contribution in [1.29, 1.82) is 0 Å². The van der Waals surface area contributed by atoms with Crippen LogP contribution in [0.25, 0.3) is 0 Å². The Bertz CT molecular complexity index is 957. The lowest BCUT2D eigenvalue weighted by atomic mass is 10.0. The van der Waals surface area contributed by atoms with Gasteiger partial charge in [-0.2, -0.15) is 5.10 Å². The van der Waals surface area contributed by atoms with E-state index in [-0.39, 0.29) is 36.7 Å². The molecule has 2 aliphatic heterocycles. The number of aliphatic carboxylic acids is 1. The predicted octanol–water partition coefficient (Wildman–Crippen LogP) is -0.517. The first-order chi connectivity index (χ1) is 14.2. The van der Waals surface area contributed by atoms with Crippen LogP contribution in [0.2, 0.25) is 0 Å². The van der Waals surface area contributed by atoms with E-state index in [1.54, 1.807) is 0 Å². The molecule has 160 valence electrons. The minimum atomic E-state index is -1.32. The lowest BCUT2D eigenvalue weighted by Crippen LogP contribution is -2.70. The van der Waals surface area contributed by atoms with Crippen LogP contribution >= 0.6 is 11.8 Å². The van der Waals surface area contributed by atoms with Crippen LogP contribution in [0.3, 0.4) is 0 Å². The number of ether oxygens (including phenoxy) is 1. The van der Waals surface area contributed by atoms with Crippen molar-refractivity contribution in [3.63, 3.8) is 0 Å². The fourth-order valence-electron chi connectivity index (χ4n) is 3.01. The first kappa shape index (κ1) is 21.3. The summed E-state index contributed by atoms with van der Waals surface area (Å²) in [6, 6.07) is -0.890. The van der Waals surface area contributed by atoms with Crippen LogP contribution in [0.15, 0.2) is 23.7 Å². The molecule has 0 bridgehead atoms. The van der Waals surface area contributed by atoms with Gasteiger partial charge in [0.1, 0.15) is 36.1 Å². The molecular formula is C16H17N5O8S. The van der Waals surface area contributed by atoms with Crippen molar-refractivity contribution in [3.05, 3.63) is 33.8 Å². The van der Waals surface area contributed by atoms with E-state index in [9.17, 15) is 34.4 Å². The minimum Gasteiger partial charge on any atom is -0.477 e. The Morgan fingerprint density at radius 2 is 2.20 bits per heavy atom. The molecule has 0 spiro atoms. The molecular weight excluding hydrogens is 422 g/mol. The number of aryl methyl sites for hydroxylation is 1. The Labute approximate surface area is 173 Å². The van der Waals surface area contributed by atoms with Crippen molar-refractivity contribution in [3.8, 4) is 0 Å². The second kappa shape index (κ2) is 8.52. The van der Waals surface area contributed by atoms with E-state index in [4.69, 9.17) is 4.74 Å². The van der Waals surface area contributed by atoms with Gasteiger partial charge in [0.15, 0.2) is 0 Å². The number of carboxylic acid groups (broad SMARTS) is 1. The van der Waals surface area contributed by atoms with Gasteiger partial charge in [0.05, 0.1) is 4.92 Å². The third-order valence-corrected chi connectivity index (χ3v) is 5.75. The average molecular weight is 439 g/mol. The standard InChI is InChI=1S/C16H17N5O8S/c1-8(22)29-6-9-7-30-15-12(14(24)20(15)13(9)16(25)26)18-11(23)2-3-19-5-10(4-17-19)21(27)28/h4-5,12,15H,2-3,6-7H2,1H3,(H,18,23)(H,25,26)/t12-,15+/m0/s1. The Kier molecular flexibility index (Phi) is 6.05. The lowest BCUT2D eigenvalue weighted by molar-refractivity contribution is -0.385. The highest BCUT2D eigenvalue weighted by Gasteiger charge is 2.54. The summed E-state index contributed by atoms with van der Waals surface area (Å²) in [6.45, 7) is 1.05. The Balaban J connectivity index is 1.60. The number of hydrogen-bond acceptors (Lipinski definition) is 9.